The first-order valence-corrected chi connectivity index (χ1v) is 7.67. The molecule has 0 aromatic heterocycles. The van der Waals surface area contributed by atoms with Crippen molar-refractivity contribution >= 4 is 17.1 Å². The lowest BCUT2D eigenvalue weighted by atomic mass is 10.1. The molecular formula is C14H16F3N3O6. The molecule has 0 N–H and O–H groups in total. The van der Waals surface area contributed by atoms with Gasteiger partial charge in [0.15, 0.2) is 12.0 Å². The molecule has 0 radical (unpaired) electrons. The Balaban J connectivity index is 2.61. The zero-order valence-electron chi connectivity index (χ0n) is 13.7. The van der Waals surface area contributed by atoms with E-state index in [0.29, 0.717) is 31.8 Å². The van der Waals surface area contributed by atoms with Crippen molar-refractivity contribution in [1.29, 1.82) is 0 Å². The number of hydrogen-bond donors (Lipinski definition) is 0. The number of halogens is 3. The van der Waals surface area contributed by atoms with Gasteiger partial charge in [0, 0.05) is 18.7 Å². The lowest BCUT2D eigenvalue weighted by Gasteiger charge is -2.26. The summed E-state index contributed by atoms with van der Waals surface area (Å²) in [7, 11) is 0. The standard InChI is InChI=1S/C14H16F3N3O6/c1-2-3-18(8-12-25-4-5-26-12)13-10(19(21)22)6-9(14(15,16)17)7-11(13)20(23)24/h6-7,12H,2-5,8H2,1H3. The second kappa shape index (κ2) is 7.83. The van der Waals surface area contributed by atoms with Crippen LogP contribution in [0, 0.1) is 20.2 Å². The second-order valence-electron chi connectivity index (χ2n) is 5.49. The van der Waals surface area contributed by atoms with E-state index >= 15 is 0 Å². The molecule has 1 heterocycles. The minimum absolute atomic E-state index is 0.0825. The summed E-state index contributed by atoms with van der Waals surface area (Å²) >= 11 is 0. The van der Waals surface area contributed by atoms with Crippen molar-refractivity contribution in [1.82, 2.24) is 0 Å². The van der Waals surface area contributed by atoms with Crippen molar-refractivity contribution < 1.29 is 32.5 Å². The highest BCUT2D eigenvalue weighted by atomic mass is 19.4. The van der Waals surface area contributed by atoms with E-state index in [9.17, 15) is 33.4 Å². The molecule has 1 aromatic carbocycles. The molecule has 0 aliphatic carbocycles. The highest BCUT2D eigenvalue weighted by Crippen LogP contribution is 2.43. The third kappa shape index (κ3) is 4.38. The van der Waals surface area contributed by atoms with Crippen LogP contribution in [-0.4, -0.2) is 42.4 Å². The van der Waals surface area contributed by atoms with Crippen molar-refractivity contribution in [2.45, 2.75) is 25.8 Å². The van der Waals surface area contributed by atoms with Gasteiger partial charge in [0.25, 0.3) is 11.4 Å². The van der Waals surface area contributed by atoms with Crippen LogP contribution in [0.4, 0.5) is 30.2 Å². The fourth-order valence-corrected chi connectivity index (χ4v) is 2.63. The minimum Gasteiger partial charge on any atom is -0.355 e. The Labute approximate surface area is 145 Å². The molecule has 1 fully saturated rings. The number of anilines is 1. The Kier molecular flexibility index (Phi) is 5.97. The number of nitro benzene ring substituents is 2. The molecule has 1 aliphatic heterocycles. The normalized spacial score (nSPS) is 15.2. The smallest absolute Gasteiger partial charge is 0.355 e. The number of alkyl halides is 3. The van der Waals surface area contributed by atoms with Crippen molar-refractivity contribution in [3.8, 4) is 0 Å². The van der Waals surface area contributed by atoms with Crippen LogP contribution in [0.2, 0.25) is 0 Å². The second-order valence-corrected chi connectivity index (χ2v) is 5.49. The molecule has 1 aliphatic rings. The predicted octanol–water partition coefficient (Wildman–Crippen LogP) is 3.11. The Morgan fingerprint density at radius 2 is 1.65 bits per heavy atom. The third-order valence-electron chi connectivity index (χ3n) is 3.66. The summed E-state index contributed by atoms with van der Waals surface area (Å²) in [6.45, 7) is 2.37. The molecule has 2 rings (SSSR count). The van der Waals surface area contributed by atoms with Gasteiger partial charge in [-0.25, -0.2) is 0 Å². The van der Waals surface area contributed by atoms with E-state index in [2.05, 4.69) is 0 Å². The number of ether oxygens (including phenoxy) is 2. The zero-order chi connectivity index (χ0) is 19.5. The van der Waals surface area contributed by atoms with Crippen LogP contribution in [0.15, 0.2) is 12.1 Å². The van der Waals surface area contributed by atoms with E-state index in [4.69, 9.17) is 9.47 Å². The van der Waals surface area contributed by atoms with Gasteiger partial charge in [0.2, 0.25) is 0 Å². The first-order valence-electron chi connectivity index (χ1n) is 7.67. The van der Waals surface area contributed by atoms with Gasteiger partial charge < -0.3 is 14.4 Å². The minimum atomic E-state index is -4.96. The van der Waals surface area contributed by atoms with Crippen LogP contribution in [-0.2, 0) is 15.7 Å². The summed E-state index contributed by atoms with van der Waals surface area (Å²) in [5.41, 5.74) is -3.92. The number of benzene rings is 1. The number of rotatable bonds is 7. The molecule has 9 nitrogen and oxygen atoms in total. The Hall–Kier alpha value is -2.47. The van der Waals surface area contributed by atoms with Gasteiger partial charge in [-0.05, 0) is 6.42 Å². The van der Waals surface area contributed by atoms with E-state index in [1.165, 1.54) is 4.90 Å². The first kappa shape index (κ1) is 19.8. The maximum Gasteiger partial charge on any atom is 0.416 e. The van der Waals surface area contributed by atoms with E-state index in [0.717, 1.165) is 0 Å². The van der Waals surface area contributed by atoms with Crippen LogP contribution in [0.25, 0.3) is 0 Å². The van der Waals surface area contributed by atoms with Crippen LogP contribution < -0.4 is 4.90 Å². The van der Waals surface area contributed by atoms with Crippen LogP contribution in [0.5, 0.6) is 0 Å². The average Bonchev–Trinajstić information content (AvgIpc) is 3.05. The van der Waals surface area contributed by atoms with E-state index in [1.54, 1.807) is 6.92 Å². The van der Waals surface area contributed by atoms with Gasteiger partial charge in [0.05, 0.1) is 35.2 Å². The molecule has 0 unspecified atom stereocenters. The maximum atomic E-state index is 13.0. The van der Waals surface area contributed by atoms with Gasteiger partial charge in [-0.1, -0.05) is 6.92 Å². The summed E-state index contributed by atoms with van der Waals surface area (Å²) in [4.78, 5) is 21.8. The number of nitrogens with zero attached hydrogens (tertiary/aromatic N) is 3. The molecule has 0 spiro atoms. The molecule has 144 valence electrons. The quantitative estimate of drug-likeness (QED) is 0.529. The number of nitro groups is 2. The fourth-order valence-electron chi connectivity index (χ4n) is 2.63. The summed E-state index contributed by atoms with van der Waals surface area (Å²) in [6.07, 6.45) is -5.29. The highest BCUT2D eigenvalue weighted by molar-refractivity contribution is 5.76. The largest absolute Gasteiger partial charge is 0.416 e. The monoisotopic (exact) mass is 379 g/mol. The average molecular weight is 379 g/mol. The molecule has 1 aromatic rings. The molecule has 1 saturated heterocycles. The molecule has 0 atom stereocenters. The first-order chi connectivity index (χ1) is 12.1. The van der Waals surface area contributed by atoms with E-state index < -0.39 is 44.9 Å². The van der Waals surface area contributed by atoms with Crippen molar-refractivity contribution in [3.63, 3.8) is 0 Å². The number of hydrogen-bond acceptors (Lipinski definition) is 7. The van der Waals surface area contributed by atoms with Crippen molar-refractivity contribution in [3.05, 3.63) is 37.9 Å². The summed E-state index contributed by atoms with van der Waals surface area (Å²) in [6, 6.07) is 0.614. The maximum absolute atomic E-state index is 13.0. The van der Waals surface area contributed by atoms with Crippen molar-refractivity contribution in [2.24, 2.45) is 0 Å². The van der Waals surface area contributed by atoms with Crippen LogP contribution >= 0.6 is 0 Å². The molecule has 0 bridgehead atoms. The molecular weight excluding hydrogens is 363 g/mol. The topological polar surface area (TPSA) is 108 Å². The predicted molar refractivity (Wildman–Crippen MR) is 82.9 cm³/mol. The molecule has 0 amide bonds. The van der Waals surface area contributed by atoms with Crippen molar-refractivity contribution in [2.75, 3.05) is 31.2 Å². The Morgan fingerprint density at radius 1 is 1.15 bits per heavy atom. The molecule has 26 heavy (non-hydrogen) atoms. The zero-order valence-corrected chi connectivity index (χ0v) is 13.7. The van der Waals surface area contributed by atoms with Crippen LogP contribution in [0.1, 0.15) is 18.9 Å². The summed E-state index contributed by atoms with van der Waals surface area (Å²) in [5, 5.41) is 22.7. The van der Waals surface area contributed by atoms with Gasteiger partial charge in [-0.2, -0.15) is 13.2 Å². The Bertz CT molecular complexity index is 656. The third-order valence-corrected chi connectivity index (χ3v) is 3.66. The lowest BCUT2D eigenvalue weighted by Crippen LogP contribution is -2.34. The van der Waals surface area contributed by atoms with Gasteiger partial charge >= 0.3 is 6.18 Å². The highest BCUT2D eigenvalue weighted by Gasteiger charge is 2.39. The van der Waals surface area contributed by atoms with E-state index in [1.807, 2.05) is 0 Å². The van der Waals surface area contributed by atoms with Gasteiger partial charge in [-0.3, -0.25) is 20.2 Å². The summed E-state index contributed by atoms with van der Waals surface area (Å²) in [5.74, 6) is 0. The summed E-state index contributed by atoms with van der Waals surface area (Å²) < 4.78 is 49.4. The van der Waals surface area contributed by atoms with Gasteiger partial charge in [-0.15, -0.1) is 0 Å². The fraction of sp³-hybridized carbons (Fsp3) is 0.571. The SMILES string of the molecule is CCCN(CC1OCCO1)c1c([N+](=O)[O-])cc(C(F)(F)F)cc1[N+](=O)[O-]. The Morgan fingerprint density at radius 3 is 2.04 bits per heavy atom. The molecule has 12 heteroatoms. The van der Waals surface area contributed by atoms with Gasteiger partial charge in [0.1, 0.15) is 0 Å². The molecule has 0 saturated carbocycles. The van der Waals surface area contributed by atoms with E-state index in [-0.39, 0.29) is 13.1 Å². The van der Waals surface area contributed by atoms with Crippen LogP contribution in [0.3, 0.4) is 0 Å². The lowest BCUT2D eigenvalue weighted by molar-refractivity contribution is -0.393.